The van der Waals surface area contributed by atoms with E-state index in [9.17, 15) is 0 Å². The number of hydrogen-bond donors (Lipinski definition) is 1. The summed E-state index contributed by atoms with van der Waals surface area (Å²) in [5, 5.41) is 3.58. The van der Waals surface area contributed by atoms with Crippen molar-refractivity contribution in [3.8, 4) is 5.75 Å². The molecule has 4 heteroatoms. The fourth-order valence-electron chi connectivity index (χ4n) is 6.35. The second-order valence-corrected chi connectivity index (χ2v) is 11.6. The zero-order valence-electron chi connectivity index (χ0n) is 24.3. The first-order valence-electron chi connectivity index (χ1n) is 15.4. The highest BCUT2D eigenvalue weighted by Gasteiger charge is 2.25. The molecule has 0 spiro atoms. The van der Waals surface area contributed by atoms with E-state index in [0.29, 0.717) is 5.92 Å². The van der Waals surface area contributed by atoms with Crippen LogP contribution in [0.5, 0.6) is 5.75 Å². The first-order chi connectivity index (χ1) is 19.7. The Balaban J connectivity index is 1.11. The van der Waals surface area contributed by atoms with Crippen LogP contribution in [-0.2, 0) is 0 Å². The Morgan fingerprint density at radius 1 is 0.850 bits per heavy atom. The summed E-state index contributed by atoms with van der Waals surface area (Å²) in [7, 11) is 0. The Morgan fingerprint density at radius 3 is 2.17 bits per heavy atom. The van der Waals surface area contributed by atoms with Crippen LogP contribution in [-0.4, -0.2) is 61.2 Å². The van der Waals surface area contributed by atoms with E-state index in [1.165, 1.54) is 36.9 Å². The average molecular weight is 538 g/mol. The number of nitrogens with one attached hydrogen (secondary N) is 1. The number of nitrogens with zero attached hydrogens (tertiary/aromatic N) is 2. The van der Waals surface area contributed by atoms with Crippen molar-refractivity contribution in [1.82, 2.24) is 15.1 Å². The molecule has 1 unspecified atom stereocenters. The molecule has 0 radical (unpaired) electrons. The maximum Gasteiger partial charge on any atom is 0.128 e. The molecule has 0 aliphatic carbocycles. The van der Waals surface area contributed by atoms with E-state index in [4.69, 9.17) is 4.74 Å². The van der Waals surface area contributed by atoms with E-state index >= 15 is 0 Å². The highest BCUT2D eigenvalue weighted by Crippen LogP contribution is 2.30. The Labute approximate surface area is 242 Å². The molecule has 0 amide bonds. The van der Waals surface area contributed by atoms with Gasteiger partial charge in [0.05, 0.1) is 0 Å². The molecule has 40 heavy (non-hydrogen) atoms. The van der Waals surface area contributed by atoms with E-state index in [1.807, 2.05) is 0 Å². The van der Waals surface area contributed by atoms with E-state index in [2.05, 4.69) is 114 Å². The molecule has 0 saturated carbocycles. The minimum absolute atomic E-state index is 0.234. The molecule has 1 atom stereocenters. The lowest BCUT2D eigenvalue weighted by atomic mass is 9.90. The number of piperidine rings is 2. The Hall–Kier alpha value is -3.08. The summed E-state index contributed by atoms with van der Waals surface area (Å²) in [6.07, 6.45) is 7.51. The molecule has 2 saturated heterocycles. The van der Waals surface area contributed by atoms with Crippen LogP contribution in [0.1, 0.15) is 68.1 Å². The summed E-state index contributed by atoms with van der Waals surface area (Å²) in [6.45, 7) is 13.2. The van der Waals surface area contributed by atoms with E-state index in [-0.39, 0.29) is 6.10 Å². The normalized spacial score (nSPS) is 19.0. The number of para-hydroxylation sites is 1. The van der Waals surface area contributed by atoms with E-state index < -0.39 is 0 Å². The Kier molecular flexibility index (Phi) is 10.3. The second kappa shape index (κ2) is 14.5. The van der Waals surface area contributed by atoms with Gasteiger partial charge in [0.1, 0.15) is 11.9 Å². The van der Waals surface area contributed by atoms with Gasteiger partial charge in [-0.1, -0.05) is 85.8 Å². The lowest BCUT2D eigenvalue weighted by Gasteiger charge is -2.35. The number of hydrogen-bond acceptors (Lipinski definition) is 4. The van der Waals surface area contributed by atoms with Crippen LogP contribution in [0.25, 0.3) is 5.70 Å². The van der Waals surface area contributed by atoms with Crippen LogP contribution in [0.2, 0.25) is 0 Å². The molecule has 4 nitrogen and oxygen atoms in total. The van der Waals surface area contributed by atoms with Crippen LogP contribution in [0, 0.1) is 0 Å². The number of benzene rings is 3. The van der Waals surface area contributed by atoms with Crippen LogP contribution in [0.4, 0.5) is 0 Å². The van der Waals surface area contributed by atoms with Crippen LogP contribution in [0.3, 0.4) is 0 Å². The van der Waals surface area contributed by atoms with Gasteiger partial charge in [-0.3, -0.25) is 0 Å². The molecule has 212 valence electrons. The minimum Gasteiger partial charge on any atom is -0.490 e. The predicted octanol–water partition coefficient (Wildman–Crippen LogP) is 7.19. The molecular formula is C36H47N3O. The summed E-state index contributed by atoms with van der Waals surface area (Å²) >= 11 is 0. The smallest absolute Gasteiger partial charge is 0.128 e. The molecule has 2 aliphatic heterocycles. The van der Waals surface area contributed by atoms with Gasteiger partial charge in [-0.2, -0.15) is 0 Å². The number of rotatable bonds is 12. The minimum atomic E-state index is 0.234. The van der Waals surface area contributed by atoms with Crippen LogP contribution >= 0.6 is 0 Å². The maximum atomic E-state index is 6.61. The van der Waals surface area contributed by atoms with Gasteiger partial charge < -0.3 is 19.9 Å². The van der Waals surface area contributed by atoms with Gasteiger partial charge >= 0.3 is 0 Å². The number of likely N-dealkylation sites (tertiary alicyclic amines) is 2. The van der Waals surface area contributed by atoms with Crippen LogP contribution in [0.15, 0.2) is 91.5 Å². The lowest BCUT2D eigenvalue weighted by Crippen LogP contribution is -2.40. The van der Waals surface area contributed by atoms with Crippen molar-refractivity contribution in [3.63, 3.8) is 0 Å². The van der Waals surface area contributed by atoms with Crippen molar-refractivity contribution in [3.05, 3.63) is 108 Å². The second-order valence-electron chi connectivity index (χ2n) is 11.6. The van der Waals surface area contributed by atoms with E-state index in [0.717, 1.165) is 75.0 Å². The monoisotopic (exact) mass is 537 g/mol. The lowest BCUT2D eigenvalue weighted by molar-refractivity contribution is 0.0986. The van der Waals surface area contributed by atoms with Crippen molar-refractivity contribution in [2.45, 2.75) is 63.5 Å². The van der Waals surface area contributed by atoms with E-state index in [1.54, 1.807) is 0 Å². The topological polar surface area (TPSA) is 27.7 Å². The van der Waals surface area contributed by atoms with Crippen molar-refractivity contribution in [1.29, 1.82) is 0 Å². The summed E-state index contributed by atoms with van der Waals surface area (Å²) in [5.74, 6) is 1.34. The third-order valence-electron chi connectivity index (χ3n) is 8.79. The van der Waals surface area contributed by atoms with Gasteiger partial charge in [0.15, 0.2) is 0 Å². The first-order valence-corrected chi connectivity index (χ1v) is 15.4. The molecule has 2 heterocycles. The summed E-state index contributed by atoms with van der Waals surface area (Å²) in [4.78, 5) is 5.25. The summed E-state index contributed by atoms with van der Waals surface area (Å²) in [5.41, 5.74) is 4.83. The quantitative estimate of drug-likeness (QED) is 0.248. The van der Waals surface area contributed by atoms with Gasteiger partial charge in [0.2, 0.25) is 0 Å². The maximum absolute atomic E-state index is 6.61. The highest BCUT2D eigenvalue weighted by atomic mass is 16.5. The third kappa shape index (κ3) is 7.77. The zero-order valence-corrected chi connectivity index (χ0v) is 24.3. The Bertz CT molecular complexity index is 1130. The Morgan fingerprint density at radius 2 is 1.50 bits per heavy atom. The van der Waals surface area contributed by atoms with Crippen molar-refractivity contribution in [2.24, 2.45) is 0 Å². The molecule has 5 rings (SSSR count). The summed E-state index contributed by atoms with van der Waals surface area (Å²) in [6, 6.07) is 31.0. The fourth-order valence-corrected chi connectivity index (χ4v) is 6.35. The molecular weight excluding hydrogens is 490 g/mol. The first kappa shape index (κ1) is 28.4. The zero-order chi connectivity index (χ0) is 27.6. The molecule has 2 aliphatic rings. The molecule has 0 bridgehead atoms. The molecule has 0 aromatic heterocycles. The highest BCUT2D eigenvalue weighted by molar-refractivity contribution is 5.67. The molecule has 2 fully saturated rings. The third-order valence-corrected chi connectivity index (χ3v) is 8.79. The van der Waals surface area contributed by atoms with Crippen molar-refractivity contribution in [2.75, 3.05) is 39.3 Å². The number of ether oxygens (including phenoxy) is 1. The standard InChI is InChI=1S/C36H47N3O/c1-29-14-11-12-24-39(29)25-13-23-37-30(2)34-19-9-10-20-36(34)40-33-21-26-38(27-22-33)28-35(31-15-5-3-6-16-31)32-17-7-4-8-18-32/h3-10,15-20,29,33,35,37H,2,11-14,21-28H2,1H3. The van der Waals surface area contributed by atoms with Gasteiger partial charge in [-0.25, -0.2) is 0 Å². The molecule has 3 aromatic carbocycles. The van der Waals surface area contributed by atoms with Crippen molar-refractivity contribution < 1.29 is 4.74 Å². The average Bonchev–Trinajstić information content (AvgIpc) is 3.01. The SMILES string of the molecule is C=C(NCCCN1CCCCC1C)c1ccccc1OC1CCN(CC(c2ccccc2)c2ccccc2)CC1. The van der Waals surface area contributed by atoms with Crippen LogP contribution < -0.4 is 10.1 Å². The predicted molar refractivity (Wildman–Crippen MR) is 168 cm³/mol. The van der Waals surface area contributed by atoms with Gasteiger partial charge in [0.25, 0.3) is 0 Å². The molecule has 3 aromatic rings. The fraction of sp³-hybridized carbons (Fsp3) is 0.444. The molecule has 1 N–H and O–H groups in total. The van der Waals surface area contributed by atoms with Gasteiger partial charge in [-0.05, 0) is 68.8 Å². The van der Waals surface area contributed by atoms with Gasteiger partial charge in [-0.15, -0.1) is 0 Å². The van der Waals surface area contributed by atoms with Gasteiger partial charge in [0, 0.05) is 55.9 Å². The largest absolute Gasteiger partial charge is 0.490 e. The van der Waals surface area contributed by atoms with Crippen molar-refractivity contribution >= 4 is 5.70 Å². The summed E-state index contributed by atoms with van der Waals surface area (Å²) < 4.78 is 6.61.